The second kappa shape index (κ2) is 8.90. The second-order valence-electron chi connectivity index (χ2n) is 6.56. The van der Waals surface area contributed by atoms with Gasteiger partial charge in [-0.1, -0.05) is 35.5 Å². The fraction of sp³-hybridized carbons (Fsp3) is 0.100. The summed E-state index contributed by atoms with van der Waals surface area (Å²) >= 11 is 0. The third kappa shape index (κ3) is 5.02. The van der Waals surface area contributed by atoms with Gasteiger partial charge < -0.3 is 0 Å². The van der Waals surface area contributed by atoms with Crippen LogP contribution in [-0.2, 0) is 19.7 Å². The van der Waals surface area contributed by atoms with E-state index in [4.69, 9.17) is 10.6 Å². The van der Waals surface area contributed by atoms with E-state index in [1.807, 2.05) is 12.1 Å². The van der Waals surface area contributed by atoms with Gasteiger partial charge in [-0.15, -0.1) is 0 Å². The number of nitrogen functional groups attached to an aromatic ring is 1. The Morgan fingerprint density at radius 2 is 1.74 bits per heavy atom. The number of nitrogens with zero attached hydrogens (tertiary/aromatic N) is 2. The van der Waals surface area contributed by atoms with Gasteiger partial charge in [0.25, 0.3) is 5.69 Å². The smallest absolute Gasteiger partial charge is 0.284 e. The molecule has 3 aromatic carbocycles. The molecule has 160 valence electrons. The van der Waals surface area contributed by atoms with Gasteiger partial charge in [-0.2, -0.15) is 4.31 Å². The van der Waals surface area contributed by atoms with Crippen molar-refractivity contribution in [2.45, 2.75) is 4.90 Å². The number of nitrogens with one attached hydrogen (secondary N) is 1. The Morgan fingerprint density at radius 1 is 1.10 bits per heavy atom. The first-order valence-electron chi connectivity index (χ1n) is 8.96. The molecule has 0 atom stereocenters. The molecule has 3 rings (SSSR count). The van der Waals surface area contributed by atoms with Gasteiger partial charge >= 0.3 is 11.8 Å². The molecule has 0 fully saturated rings. The summed E-state index contributed by atoms with van der Waals surface area (Å²) in [5.41, 5.74) is 6.00. The molecule has 0 saturated heterocycles. The fourth-order valence-corrected chi connectivity index (χ4v) is 3.89. The van der Waals surface area contributed by atoms with Crippen molar-refractivity contribution >= 4 is 38.3 Å². The van der Waals surface area contributed by atoms with Crippen molar-refractivity contribution in [2.24, 2.45) is 5.73 Å². The van der Waals surface area contributed by atoms with Gasteiger partial charge in [-0.3, -0.25) is 20.7 Å². The maximum absolute atomic E-state index is 12.8. The number of amidine groups is 1. The molecule has 3 N–H and O–H groups in total. The van der Waals surface area contributed by atoms with Crippen molar-refractivity contribution in [2.75, 3.05) is 13.6 Å². The molecule has 0 unspecified atom stereocenters. The molecule has 3 aromatic rings. The van der Waals surface area contributed by atoms with Crippen molar-refractivity contribution in [3.05, 3.63) is 82.4 Å². The van der Waals surface area contributed by atoms with Crippen LogP contribution in [0.3, 0.4) is 0 Å². The Labute approximate surface area is 177 Å². The molecule has 11 heteroatoms. The normalized spacial score (nSPS) is 12.1. The van der Waals surface area contributed by atoms with Gasteiger partial charge in [0.05, 0.1) is 15.4 Å². The zero-order valence-corrected chi connectivity index (χ0v) is 17.2. The van der Waals surface area contributed by atoms with Crippen LogP contribution >= 0.6 is 0 Å². The number of hydrogen-bond donors (Lipinski definition) is 2. The van der Waals surface area contributed by atoms with E-state index in [2.05, 4.69) is 5.16 Å². The first kappa shape index (κ1) is 21.9. The molecule has 0 heterocycles. The van der Waals surface area contributed by atoms with Crippen molar-refractivity contribution in [1.82, 2.24) is 4.31 Å². The van der Waals surface area contributed by atoms with Crippen LogP contribution in [0.5, 0.6) is 0 Å². The Kier molecular flexibility index (Phi) is 6.28. The molecular weight excluding hydrogens is 424 g/mol. The number of sulfonamides is 1. The largest absolute Gasteiger partial charge is 0.372 e. The Morgan fingerprint density at radius 3 is 2.39 bits per heavy atom. The summed E-state index contributed by atoms with van der Waals surface area (Å²) < 4.78 is 26.4. The quantitative estimate of drug-likeness (QED) is 0.176. The molecule has 0 aliphatic carbocycles. The molecule has 0 spiro atoms. The Hall–Kier alpha value is -3.83. The third-order valence-electron chi connectivity index (χ3n) is 4.44. The van der Waals surface area contributed by atoms with Gasteiger partial charge in [-0.05, 0) is 35.0 Å². The summed E-state index contributed by atoms with van der Waals surface area (Å²) in [6.07, 6.45) is 0. The average Bonchev–Trinajstić information content (AvgIpc) is 2.77. The second-order valence-corrected chi connectivity index (χ2v) is 8.61. The molecule has 0 saturated carbocycles. The van der Waals surface area contributed by atoms with Crippen LogP contribution in [0.4, 0.5) is 5.69 Å². The number of nitrogens with two attached hydrogens (primary N) is 1. The number of nitro groups is 1. The van der Waals surface area contributed by atoms with Crippen molar-refractivity contribution in [3.63, 3.8) is 0 Å². The monoisotopic (exact) mass is 443 g/mol. The summed E-state index contributed by atoms with van der Waals surface area (Å²) in [6, 6.07) is 17.3. The van der Waals surface area contributed by atoms with Gasteiger partial charge in [-0.25, -0.2) is 13.2 Å². The Balaban J connectivity index is 1.67. The minimum Gasteiger partial charge on any atom is -0.284 e. The highest BCUT2D eigenvalue weighted by Gasteiger charge is 2.24. The van der Waals surface area contributed by atoms with E-state index < -0.39 is 27.5 Å². The lowest BCUT2D eigenvalue weighted by molar-refractivity contribution is -0.723. The zero-order chi connectivity index (χ0) is 22.6. The maximum atomic E-state index is 12.8. The summed E-state index contributed by atoms with van der Waals surface area (Å²) in [4.78, 5) is 27.1. The number of nitro benzene ring substituents is 1. The van der Waals surface area contributed by atoms with Crippen molar-refractivity contribution in [1.29, 1.82) is 0 Å². The highest BCUT2D eigenvalue weighted by molar-refractivity contribution is 7.89. The van der Waals surface area contributed by atoms with Gasteiger partial charge in [0.1, 0.15) is 6.54 Å². The van der Waals surface area contributed by atoms with Gasteiger partial charge in [0.15, 0.2) is 0 Å². The van der Waals surface area contributed by atoms with Crippen LogP contribution in [0.2, 0.25) is 0 Å². The van der Waals surface area contributed by atoms with Crippen LogP contribution in [0.25, 0.3) is 10.8 Å². The summed E-state index contributed by atoms with van der Waals surface area (Å²) in [5, 5.41) is 14.5. The van der Waals surface area contributed by atoms with Crippen LogP contribution in [0.1, 0.15) is 5.56 Å². The van der Waals surface area contributed by atoms with Crippen molar-refractivity contribution in [3.8, 4) is 0 Å². The number of carbonyl (C=O) groups excluding carboxylic acids is 1. The van der Waals surface area contributed by atoms with Crippen molar-refractivity contribution < 1.29 is 28.1 Å². The molecule has 31 heavy (non-hydrogen) atoms. The maximum Gasteiger partial charge on any atom is 0.372 e. The van der Waals surface area contributed by atoms with E-state index >= 15 is 0 Å². The van der Waals surface area contributed by atoms with E-state index in [1.54, 1.807) is 18.2 Å². The fourth-order valence-electron chi connectivity index (χ4n) is 2.74. The molecule has 0 aliphatic heterocycles. The highest BCUT2D eigenvalue weighted by atomic mass is 32.2. The number of carbonyl (C=O) groups is 1. The van der Waals surface area contributed by atoms with Crippen LogP contribution in [-0.4, -0.2) is 43.0 Å². The minimum absolute atomic E-state index is 0.0476. The van der Waals surface area contributed by atoms with Crippen LogP contribution < -0.4 is 10.9 Å². The first-order valence-corrected chi connectivity index (χ1v) is 10.4. The minimum atomic E-state index is -3.93. The van der Waals surface area contributed by atoms with Gasteiger partial charge in [0, 0.05) is 19.2 Å². The SMILES string of the molecule is CN(CC(=O)O[NH+]=C(N)c1ccc([N+](=O)[O-])cc1)S(=O)(=O)c1ccc2ccccc2c1. The summed E-state index contributed by atoms with van der Waals surface area (Å²) in [5.74, 6) is -0.958. The molecular formula is C20H19N4O6S+. The first-order chi connectivity index (χ1) is 14.7. The number of likely N-dealkylation sites (N-methyl/N-ethyl adjacent to an activating group) is 1. The Bertz CT molecular complexity index is 1270. The van der Waals surface area contributed by atoms with E-state index in [0.29, 0.717) is 5.56 Å². The summed E-state index contributed by atoms with van der Waals surface area (Å²) in [6.45, 7) is -0.560. The third-order valence-corrected chi connectivity index (χ3v) is 6.24. The number of rotatable bonds is 7. The highest BCUT2D eigenvalue weighted by Crippen LogP contribution is 2.21. The molecule has 0 bridgehead atoms. The zero-order valence-electron chi connectivity index (χ0n) is 16.4. The van der Waals surface area contributed by atoms with E-state index in [1.165, 1.54) is 43.4 Å². The molecule has 0 aromatic heterocycles. The lowest BCUT2D eigenvalue weighted by Crippen LogP contribution is -2.76. The topological polar surface area (TPSA) is 147 Å². The van der Waals surface area contributed by atoms with E-state index in [9.17, 15) is 23.3 Å². The predicted octanol–water partition coefficient (Wildman–Crippen LogP) is 0.313. The predicted molar refractivity (Wildman–Crippen MR) is 112 cm³/mol. The van der Waals surface area contributed by atoms with Crippen LogP contribution in [0, 0.1) is 10.1 Å². The molecule has 10 nitrogen and oxygen atoms in total. The lowest BCUT2D eigenvalue weighted by atomic mass is 10.1. The lowest BCUT2D eigenvalue weighted by Gasteiger charge is -2.15. The summed E-state index contributed by atoms with van der Waals surface area (Å²) in [7, 11) is -2.67. The number of benzene rings is 3. The van der Waals surface area contributed by atoms with Gasteiger partial charge in [0.2, 0.25) is 10.0 Å². The van der Waals surface area contributed by atoms with E-state index in [-0.39, 0.29) is 16.4 Å². The molecule has 0 radical (unpaired) electrons. The molecule has 0 amide bonds. The standard InChI is InChI=1S/C20H18N4O6S/c1-23(31(28,29)18-11-8-14-4-2-3-5-16(14)12-18)13-19(25)30-22-20(21)15-6-9-17(10-7-15)24(26)27/h2-12H,13H2,1H3,(H2,21,22)/p+1. The number of non-ortho nitro benzene ring substituents is 1. The number of fused-ring (bicyclic) bond motifs is 1. The molecule has 0 aliphatic rings. The van der Waals surface area contributed by atoms with Crippen LogP contribution in [0.15, 0.2) is 71.6 Å². The average molecular weight is 443 g/mol. The number of hydrogen-bond acceptors (Lipinski definition) is 6. The van der Waals surface area contributed by atoms with E-state index in [0.717, 1.165) is 15.1 Å².